The van der Waals surface area contributed by atoms with Crippen LogP contribution in [-0.4, -0.2) is 19.0 Å². The summed E-state index contributed by atoms with van der Waals surface area (Å²) in [4.78, 5) is 12.9. The van der Waals surface area contributed by atoms with Crippen molar-refractivity contribution in [1.82, 2.24) is 5.32 Å². The standard InChI is InChI=1S/C23H21FN2O.CH4/c24-19-11-9-17(10-12-19)21-14-25-15-22(21)23(27)26-20-8-4-7-18(13-20)16-5-2-1-3-6-16;/h1-13,21-22,25H,14-15H2,(H,26,27);1H4. The van der Waals surface area contributed by atoms with E-state index in [1.165, 1.54) is 12.1 Å². The molecule has 1 aliphatic rings. The molecule has 2 N–H and O–H groups in total. The first kappa shape index (κ1) is 19.8. The van der Waals surface area contributed by atoms with Crippen molar-refractivity contribution in [3.05, 3.63) is 90.2 Å². The molecule has 1 fully saturated rings. The van der Waals surface area contributed by atoms with E-state index >= 15 is 0 Å². The third kappa shape index (κ3) is 4.29. The minimum absolute atomic E-state index is 0. The fourth-order valence-electron chi connectivity index (χ4n) is 3.66. The molecule has 0 aliphatic carbocycles. The lowest BCUT2D eigenvalue weighted by Crippen LogP contribution is -2.28. The van der Waals surface area contributed by atoms with Gasteiger partial charge in [0.15, 0.2) is 0 Å². The average Bonchev–Trinajstić information content (AvgIpc) is 3.19. The molecule has 1 saturated heterocycles. The number of nitrogens with one attached hydrogen (secondary N) is 2. The summed E-state index contributed by atoms with van der Waals surface area (Å²) < 4.78 is 13.2. The molecule has 0 radical (unpaired) electrons. The van der Waals surface area contributed by atoms with E-state index in [-0.39, 0.29) is 31.0 Å². The number of amides is 1. The number of carbonyl (C=O) groups is 1. The predicted molar refractivity (Wildman–Crippen MR) is 113 cm³/mol. The second-order valence-corrected chi connectivity index (χ2v) is 6.86. The second-order valence-electron chi connectivity index (χ2n) is 6.86. The van der Waals surface area contributed by atoms with Crippen LogP contribution in [0.25, 0.3) is 11.1 Å². The van der Waals surface area contributed by atoms with Crippen molar-refractivity contribution in [2.24, 2.45) is 5.92 Å². The van der Waals surface area contributed by atoms with Crippen LogP contribution < -0.4 is 10.6 Å². The molecule has 0 spiro atoms. The Morgan fingerprint density at radius 3 is 2.36 bits per heavy atom. The van der Waals surface area contributed by atoms with Crippen LogP contribution in [0.1, 0.15) is 18.9 Å². The minimum Gasteiger partial charge on any atom is -0.326 e. The molecule has 0 aromatic heterocycles. The highest BCUT2D eigenvalue weighted by molar-refractivity contribution is 5.94. The highest BCUT2D eigenvalue weighted by Crippen LogP contribution is 2.30. The summed E-state index contributed by atoms with van der Waals surface area (Å²) in [6, 6.07) is 24.4. The third-order valence-corrected chi connectivity index (χ3v) is 5.09. The maximum atomic E-state index is 13.2. The lowest BCUT2D eigenvalue weighted by Gasteiger charge is -2.19. The van der Waals surface area contributed by atoms with Gasteiger partial charge in [0, 0.05) is 24.7 Å². The van der Waals surface area contributed by atoms with Gasteiger partial charge in [-0.1, -0.05) is 62.0 Å². The minimum atomic E-state index is -0.261. The Kier molecular flexibility index (Phi) is 6.22. The molecule has 0 saturated carbocycles. The maximum absolute atomic E-state index is 13.2. The van der Waals surface area contributed by atoms with Crippen LogP contribution in [0.2, 0.25) is 0 Å². The van der Waals surface area contributed by atoms with Gasteiger partial charge in [-0.2, -0.15) is 0 Å². The topological polar surface area (TPSA) is 41.1 Å². The van der Waals surface area contributed by atoms with E-state index in [4.69, 9.17) is 0 Å². The van der Waals surface area contributed by atoms with Gasteiger partial charge in [-0.05, 0) is 41.0 Å². The molecule has 1 heterocycles. The summed E-state index contributed by atoms with van der Waals surface area (Å²) in [6.07, 6.45) is 0. The van der Waals surface area contributed by atoms with Crippen LogP contribution in [0.3, 0.4) is 0 Å². The zero-order valence-electron chi connectivity index (χ0n) is 14.9. The first-order valence-electron chi connectivity index (χ1n) is 9.13. The molecule has 0 bridgehead atoms. The van der Waals surface area contributed by atoms with Crippen LogP contribution >= 0.6 is 0 Å². The van der Waals surface area contributed by atoms with E-state index in [1.54, 1.807) is 12.1 Å². The van der Waals surface area contributed by atoms with Crippen molar-refractivity contribution in [1.29, 1.82) is 0 Å². The number of anilines is 1. The van der Waals surface area contributed by atoms with Crippen LogP contribution in [0.5, 0.6) is 0 Å². The number of rotatable bonds is 4. The van der Waals surface area contributed by atoms with Gasteiger partial charge in [-0.25, -0.2) is 4.39 Å². The lowest BCUT2D eigenvalue weighted by atomic mass is 9.88. The molecule has 2 atom stereocenters. The summed E-state index contributed by atoms with van der Waals surface area (Å²) in [6.45, 7) is 1.33. The number of benzene rings is 3. The van der Waals surface area contributed by atoms with Crippen molar-refractivity contribution in [3.8, 4) is 11.1 Å². The number of halogens is 1. The first-order valence-corrected chi connectivity index (χ1v) is 9.13. The van der Waals surface area contributed by atoms with Gasteiger partial charge in [0.2, 0.25) is 5.91 Å². The fraction of sp³-hybridized carbons (Fsp3) is 0.208. The van der Waals surface area contributed by atoms with Gasteiger partial charge in [0.05, 0.1) is 5.92 Å². The fourth-order valence-corrected chi connectivity index (χ4v) is 3.66. The molecular weight excluding hydrogens is 351 g/mol. The zero-order chi connectivity index (χ0) is 18.6. The Morgan fingerprint density at radius 2 is 1.61 bits per heavy atom. The Morgan fingerprint density at radius 1 is 0.893 bits per heavy atom. The van der Waals surface area contributed by atoms with Crippen molar-refractivity contribution in [3.63, 3.8) is 0 Å². The third-order valence-electron chi connectivity index (χ3n) is 5.09. The number of hydrogen-bond donors (Lipinski definition) is 2. The smallest absolute Gasteiger partial charge is 0.229 e. The summed E-state index contributed by atoms with van der Waals surface area (Å²) in [7, 11) is 0. The van der Waals surface area contributed by atoms with Gasteiger partial charge >= 0.3 is 0 Å². The van der Waals surface area contributed by atoms with Gasteiger partial charge in [-0.15, -0.1) is 0 Å². The predicted octanol–water partition coefficient (Wildman–Crippen LogP) is 5.07. The highest BCUT2D eigenvalue weighted by atomic mass is 19.1. The Labute approximate surface area is 165 Å². The normalized spacial score (nSPS) is 18.3. The van der Waals surface area contributed by atoms with E-state index in [0.29, 0.717) is 13.1 Å². The average molecular weight is 376 g/mol. The quantitative estimate of drug-likeness (QED) is 0.667. The van der Waals surface area contributed by atoms with Crippen molar-refractivity contribution >= 4 is 11.6 Å². The highest BCUT2D eigenvalue weighted by Gasteiger charge is 2.34. The van der Waals surface area contributed by atoms with Gasteiger partial charge in [0.1, 0.15) is 5.82 Å². The Balaban J connectivity index is 0.00000225. The Hall–Kier alpha value is -2.98. The first-order chi connectivity index (χ1) is 13.2. The largest absolute Gasteiger partial charge is 0.326 e. The molecular formula is C24H25FN2O. The molecule has 4 rings (SSSR count). The van der Waals surface area contributed by atoms with Gasteiger partial charge in [0.25, 0.3) is 0 Å². The molecule has 1 aliphatic heterocycles. The molecule has 3 aromatic carbocycles. The summed E-state index contributed by atoms with van der Waals surface area (Å²) >= 11 is 0. The van der Waals surface area contributed by atoms with Crippen LogP contribution in [0, 0.1) is 11.7 Å². The van der Waals surface area contributed by atoms with Crippen LogP contribution in [-0.2, 0) is 4.79 Å². The van der Waals surface area contributed by atoms with E-state index in [1.807, 2.05) is 54.6 Å². The van der Waals surface area contributed by atoms with E-state index in [0.717, 1.165) is 22.4 Å². The van der Waals surface area contributed by atoms with Gasteiger partial charge in [-0.3, -0.25) is 4.79 Å². The van der Waals surface area contributed by atoms with Crippen molar-refractivity contribution in [2.45, 2.75) is 13.3 Å². The summed E-state index contributed by atoms with van der Waals surface area (Å²) in [5.41, 5.74) is 3.94. The van der Waals surface area contributed by atoms with Crippen LogP contribution in [0.4, 0.5) is 10.1 Å². The maximum Gasteiger partial charge on any atom is 0.229 e. The van der Waals surface area contributed by atoms with Crippen molar-refractivity contribution < 1.29 is 9.18 Å². The van der Waals surface area contributed by atoms with E-state index in [2.05, 4.69) is 10.6 Å². The molecule has 2 unspecified atom stereocenters. The monoisotopic (exact) mass is 376 g/mol. The molecule has 1 amide bonds. The molecule has 144 valence electrons. The molecule has 3 nitrogen and oxygen atoms in total. The molecule has 28 heavy (non-hydrogen) atoms. The number of carbonyl (C=O) groups excluding carboxylic acids is 1. The zero-order valence-corrected chi connectivity index (χ0v) is 14.9. The molecule has 4 heteroatoms. The van der Waals surface area contributed by atoms with Crippen molar-refractivity contribution in [2.75, 3.05) is 18.4 Å². The second kappa shape index (κ2) is 8.81. The van der Waals surface area contributed by atoms with Gasteiger partial charge < -0.3 is 10.6 Å². The van der Waals surface area contributed by atoms with E-state index in [9.17, 15) is 9.18 Å². The van der Waals surface area contributed by atoms with E-state index < -0.39 is 0 Å². The Bertz CT molecular complexity index is 925. The molecule has 3 aromatic rings. The van der Waals surface area contributed by atoms with Crippen LogP contribution in [0.15, 0.2) is 78.9 Å². The lowest BCUT2D eigenvalue weighted by molar-refractivity contribution is -0.119. The SMILES string of the molecule is C.O=C(Nc1cccc(-c2ccccc2)c1)C1CNCC1c1ccc(F)cc1. The number of hydrogen-bond acceptors (Lipinski definition) is 2. The summed E-state index contributed by atoms with van der Waals surface area (Å²) in [5, 5.41) is 6.34. The summed E-state index contributed by atoms with van der Waals surface area (Å²) in [5.74, 6) is -0.415.